The van der Waals surface area contributed by atoms with Gasteiger partial charge < -0.3 is 10.6 Å². The topological polar surface area (TPSA) is 41.1 Å². The SMILES string of the molecule is CC(=O)Nc1ccc(CNc2ccccc2Cl)cc1. The highest BCUT2D eigenvalue weighted by molar-refractivity contribution is 6.33. The van der Waals surface area contributed by atoms with Crippen molar-refractivity contribution in [3.8, 4) is 0 Å². The van der Waals surface area contributed by atoms with E-state index in [2.05, 4.69) is 10.6 Å². The first-order valence-electron chi connectivity index (χ1n) is 6.00. The molecule has 0 spiro atoms. The maximum atomic E-state index is 10.9. The number of carbonyl (C=O) groups is 1. The molecule has 2 aromatic carbocycles. The average molecular weight is 275 g/mol. The van der Waals surface area contributed by atoms with Crippen LogP contribution in [0.1, 0.15) is 12.5 Å². The summed E-state index contributed by atoms with van der Waals surface area (Å²) in [5.74, 6) is -0.0676. The predicted octanol–water partition coefficient (Wildman–Crippen LogP) is 3.91. The van der Waals surface area contributed by atoms with Gasteiger partial charge in [-0.15, -0.1) is 0 Å². The van der Waals surface area contributed by atoms with E-state index in [9.17, 15) is 4.79 Å². The van der Waals surface area contributed by atoms with Crippen LogP contribution in [0.4, 0.5) is 11.4 Å². The van der Waals surface area contributed by atoms with E-state index in [0.29, 0.717) is 11.6 Å². The standard InChI is InChI=1S/C15H15ClN2O/c1-11(19)18-13-8-6-12(7-9-13)10-17-15-5-3-2-4-14(15)16/h2-9,17H,10H2,1H3,(H,18,19). The third-order valence-electron chi connectivity index (χ3n) is 2.63. The van der Waals surface area contributed by atoms with Crippen molar-refractivity contribution >= 4 is 28.9 Å². The fourth-order valence-electron chi connectivity index (χ4n) is 1.71. The number of nitrogens with one attached hydrogen (secondary N) is 2. The van der Waals surface area contributed by atoms with Gasteiger partial charge in [-0.3, -0.25) is 4.79 Å². The summed E-state index contributed by atoms with van der Waals surface area (Å²) >= 11 is 6.06. The molecule has 0 heterocycles. The molecule has 3 nitrogen and oxygen atoms in total. The number of benzene rings is 2. The molecule has 0 radical (unpaired) electrons. The summed E-state index contributed by atoms with van der Waals surface area (Å²) in [4.78, 5) is 10.9. The van der Waals surface area contributed by atoms with Crippen molar-refractivity contribution in [2.75, 3.05) is 10.6 Å². The lowest BCUT2D eigenvalue weighted by Crippen LogP contribution is -2.06. The maximum absolute atomic E-state index is 10.9. The van der Waals surface area contributed by atoms with Crippen LogP contribution in [-0.2, 0) is 11.3 Å². The molecule has 0 atom stereocenters. The molecule has 2 rings (SSSR count). The van der Waals surface area contributed by atoms with Crippen molar-refractivity contribution in [1.82, 2.24) is 0 Å². The molecule has 98 valence electrons. The quantitative estimate of drug-likeness (QED) is 0.887. The van der Waals surface area contributed by atoms with Crippen molar-refractivity contribution < 1.29 is 4.79 Å². The van der Waals surface area contributed by atoms with Gasteiger partial charge in [0.15, 0.2) is 0 Å². The summed E-state index contributed by atoms with van der Waals surface area (Å²) in [5.41, 5.74) is 2.83. The number of hydrogen-bond acceptors (Lipinski definition) is 2. The Morgan fingerprint density at radius 3 is 2.42 bits per heavy atom. The van der Waals surface area contributed by atoms with Crippen molar-refractivity contribution in [3.05, 3.63) is 59.1 Å². The Hall–Kier alpha value is -2.00. The molecule has 0 saturated heterocycles. The lowest BCUT2D eigenvalue weighted by molar-refractivity contribution is -0.114. The minimum Gasteiger partial charge on any atom is -0.380 e. The molecular formula is C15H15ClN2O. The summed E-state index contributed by atoms with van der Waals surface area (Å²) < 4.78 is 0. The van der Waals surface area contributed by atoms with Crippen LogP contribution in [0.2, 0.25) is 5.02 Å². The molecule has 0 fully saturated rings. The molecule has 1 amide bonds. The second-order valence-electron chi connectivity index (χ2n) is 4.21. The summed E-state index contributed by atoms with van der Waals surface area (Å²) in [7, 11) is 0. The summed E-state index contributed by atoms with van der Waals surface area (Å²) in [6, 6.07) is 15.3. The van der Waals surface area contributed by atoms with Gasteiger partial charge in [0.1, 0.15) is 0 Å². The van der Waals surface area contributed by atoms with Gasteiger partial charge in [0, 0.05) is 19.2 Å². The molecular weight excluding hydrogens is 260 g/mol. The molecule has 0 bridgehead atoms. The first-order chi connectivity index (χ1) is 9.15. The smallest absolute Gasteiger partial charge is 0.221 e. The minimum absolute atomic E-state index is 0.0676. The molecule has 4 heteroatoms. The van der Waals surface area contributed by atoms with Crippen molar-refractivity contribution in [3.63, 3.8) is 0 Å². The minimum atomic E-state index is -0.0676. The lowest BCUT2D eigenvalue weighted by atomic mass is 10.2. The number of para-hydroxylation sites is 1. The number of rotatable bonds is 4. The molecule has 0 aliphatic heterocycles. The molecule has 2 aromatic rings. The van der Waals surface area contributed by atoms with Crippen LogP contribution in [0, 0.1) is 0 Å². The maximum Gasteiger partial charge on any atom is 0.221 e. The van der Waals surface area contributed by atoms with E-state index in [1.54, 1.807) is 0 Å². The van der Waals surface area contributed by atoms with Crippen LogP contribution in [0.3, 0.4) is 0 Å². The van der Waals surface area contributed by atoms with Gasteiger partial charge in [-0.1, -0.05) is 35.9 Å². The monoisotopic (exact) mass is 274 g/mol. The van der Waals surface area contributed by atoms with Crippen LogP contribution in [0.25, 0.3) is 0 Å². The second kappa shape index (κ2) is 6.25. The van der Waals surface area contributed by atoms with E-state index in [4.69, 9.17) is 11.6 Å². The third-order valence-corrected chi connectivity index (χ3v) is 2.96. The molecule has 19 heavy (non-hydrogen) atoms. The van der Waals surface area contributed by atoms with Gasteiger partial charge in [-0.05, 0) is 29.8 Å². The molecule has 0 aliphatic rings. The van der Waals surface area contributed by atoms with Crippen LogP contribution in [0.15, 0.2) is 48.5 Å². The number of amides is 1. The summed E-state index contributed by atoms with van der Waals surface area (Å²) in [5, 5.41) is 6.71. The Labute approximate surface area is 117 Å². The summed E-state index contributed by atoms with van der Waals surface area (Å²) in [6.07, 6.45) is 0. The highest BCUT2D eigenvalue weighted by Crippen LogP contribution is 2.21. The van der Waals surface area contributed by atoms with Crippen LogP contribution in [0.5, 0.6) is 0 Å². The molecule has 0 aliphatic carbocycles. The van der Waals surface area contributed by atoms with E-state index in [1.807, 2.05) is 48.5 Å². The van der Waals surface area contributed by atoms with E-state index in [-0.39, 0.29) is 5.91 Å². The first kappa shape index (κ1) is 13.4. The molecule has 2 N–H and O–H groups in total. The van der Waals surface area contributed by atoms with Gasteiger partial charge in [-0.25, -0.2) is 0 Å². The second-order valence-corrected chi connectivity index (χ2v) is 4.62. The highest BCUT2D eigenvalue weighted by Gasteiger charge is 1.99. The van der Waals surface area contributed by atoms with Gasteiger partial charge in [0.25, 0.3) is 0 Å². The number of anilines is 2. The lowest BCUT2D eigenvalue weighted by Gasteiger charge is -2.09. The third kappa shape index (κ3) is 4.00. The predicted molar refractivity (Wildman–Crippen MR) is 79.5 cm³/mol. The van der Waals surface area contributed by atoms with Gasteiger partial charge in [0.2, 0.25) is 5.91 Å². The fourth-order valence-corrected chi connectivity index (χ4v) is 1.91. The Morgan fingerprint density at radius 1 is 1.11 bits per heavy atom. The zero-order valence-electron chi connectivity index (χ0n) is 10.6. The van der Waals surface area contributed by atoms with E-state index in [1.165, 1.54) is 6.92 Å². The first-order valence-corrected chi connectivity index (χ1v) is 6.38. The fraction of sp³-hybridized carbons (Fsp3) is 0.133. The van der Waals surface area contributed by atoms with Gasteiger partial charge in [0.05, 0.1) is 10.7 Å². The molecule has 0 aromatic heterocycles. The van der Waals surface area contributed by atoms with Gasteiger partial charge >= 0.3 is 0 Å². The van der Waals surface area contributed by atoms with Crippen LogP contribution >= 0.6 is 11.6 Å². The summed E-state index contributed by atoms with van der Waals surface area (Å²) in [6.45, 7) is 2.18. The molecule has 0 unspecified atom stereocenters. The van der Waals surface area contributed by atoms with E-state index < -0.39 is 0 Å². The highest BCUT2D eigenvalue weighted by atomic mass is 35.5. The normalized spacial score (nSPS) is 10.0. The Balaban J connectivity index is 1.97. The van der Waals surface area contributed by atoms with Crippen molar-refractivity contribution in [2.45, 2.75) is 13.5 Å². The van der Waals surface area contributed by atoms with E-state index >= 15 is 0 Å². The number of hydrogen-bond donors (Lipinski definition) is 2. The average Bonchev–Trinajstić information content (AvgIpc) is 2.39. The van der Waals surface area contributed by atoms with Crippen molar-refractivity contribution in [2.24, 2.45) is 0 Å². The zero-order chi connectivity index (χ0) is 13.7. The number of halogens is 1. The zero-order valence-corrected chi connectivity index (χ0v) is 11.4. The van der Waals surface area contributed by atoms with Crippen LogP contribution < -0.4 is 10.6 Å². The number of carbonyl (C=O) groups excluding carboxylic acids is 1. The van der Waals surface area contributed by atoms with Crippen LogP contribution in [-0.4, -0.2) is 5.91 Å². The Kier molecular flexibility index (Phi) is 4.42. The van der Waals surface area contributed by atoms with E-state index in [0.717, 1.165) is 16.9 Å². The largest absolute Gasteiger partial charge is 0.380 e. The molecule has 0 saturated carbocycles. The van der Waals surface area contributed by atoms with Crippen molar-refractivity contribution in [1.29, 1.82) is 0 Å². The Morgan fingerprint density at radius 2 is 1.79 bits per heavy atom. The Bertz CT molecular complexity index is 567. The van der Waals surface area contributed by atoms with Gasteiger partial charge in [-0.2, -0.15) is 0 Å².